The first-order valence-electron chi connectivity index (χ1n) is 15.6. The Hall–Kier alpha value is -4.63. The highest BCUT2D eigenvalue weighted by Gasteiger charge is 2.34. The van der Waals surface area contributed by atoms with Gasteiger partial charge in [-0.25, -0.2) is 8.42 Å². The van der Waals surface area contributed by atoms with Crippen molar-refractivity contribution in [2.24, 2.45) is 0 Å². The molecule has 4 aromatic rings. The summed E-state index contributed by atoms with van der Waals surface area (Å²) in [6, 6.07) is 29.2. The Morgan fingerprint density at radius 2 is 1.33 bits per heavy atom. The second-order valence-corrected chi connectivity index (χ2v) is 13.3. The molecule has 4 rings (SSSR count). The van der Waals surface area contributed by atoms with E-state index >= 15 is 0 Å². The van der Waals surface area contributed by atoms with Crippen LogP contribution >= 0.6 is 0 Å². The molecule has 0 aliphatic rings. The standard InChI is InChI=1S/C37H43N3O5S/c1-6-29(5)38-37(42)35(7-2)39(25-30-17-13-27(3)14-18-30)36(41)26-40(46(43,44)34-23-15-28(4)16-24-34)31-19-21-33(22-20-31)45-32-11-9-8-10-12-32/h8-24,29,35H,6-7,25-26H2,1-5H3,(H,38,42). The number of para-hydroxylation sites is 1. The predicted molar refractivity (Wildman–Crippen MR) is 182 cm³/mol. The zero-order chi connectivity index (χ0) is 33.3. The molecule has 0 heterocycles. The Morgan fingerprint density at radius 1 is 0.761 bits per heavy atom. The van der Waals surface area contributed by atoms with Crippen LogP contribution in [0.1, 0.15) is 50.3 Å². The van der Waals surface area contributed by atoms with Gasteiger partial charge in [-0.1, -0.05) is 79.6 Å². The van der Waals surface area contributed by atoms with Gasteiger partial charge in [-0.3, -0.25) is 13.9 Å². The molecule has 2 amide bonds. The molecule has 0 aliphatic carbocycles. The van der Waals surface area contributed by atoms with Crippen LogP contribution in [0.5, 0.6) is 11.5 Å². The predicted octanol–water partition coefficient (Wildman–Crippen LogP) is 7.01. The lowest BCUT2D eigenvalue weighted by Crippen LogP contribution is -2.53. The van der Waals surface area contributed by atoms with Crippen molar-refractivity contribution in [1.29, 1.82) is 0 Å². The lowest BCUT2D eigenvalue weighted by Gasteiger charge is -2.33. The van der Waals surface area contributed by atoms with Crippen molar-refractivity contribution in [3.63, 3.8) is 0 Å². The summed E-state index contributed by atoms with van der Waals surface area (Å²) in [7, 11) is -4.18. The van der Waals surface area contributed by atoms with Crippen LogP contribution in [0, 0.1) is 13.8 Å². The number of nitrogens with zero attached hydrogens (tertiary/aromatic N) is 2. The Balaban J connectivity index is 1.72. The molecule has 8 nitrogen and oxygen atoms in total. The molecule has 242 valence electrons. The van der Waals surface area contributed by atoms with Gasteiger partial charge in [0.25, 0.3) is 10.0 Å². The van der Waals surface area contributed by atoms with E-state index in [1.54, 1.807) is 36.4 Å². The number of hydrogen-bond acceptors (Lipinski definition) is 5. The zero-order valence-corrected chi connectivity index (χ0v) is 28.0. The van der Waals surface area contributed by atoms with Crippen molar-refractivity contribution in [2.75, 3.05) is 10.8 Å². The largest absolute Gasteiger partial charge is 0.457 e. The quantitative estimate of drug-likeness (QED) is 0.160. The van der Waals surface area contributed by atoms with Crippen LogP contribution in [-0.4, -0.2) is 43.8 Å². The second kappa shape index (κ2) is 15.6. The van der Waals surface area contributed by atoms with E-state index in [2.05, 4.69) is 5.32 Å². The summed E-state index contributed by atoms with van der Waals surface area (Å²) in [5.74, 6) is 0.394. The van der Waals surface area contributed by atoms with E-state index in [4.69, 9.17) is 4.74 Å². The van der Waals surface area contributed by atoms with Gasteiger partial charge >= 0.3 is 0 Å². The summed E-state index contributed by atoms with van der Waals surface area (Å²) in [5.41, 5.74) is 3.11. The summed E-state index contributed by atoms with van der Waals surface area (Å²) in [6.45, 7) is 9.24. The number of carbonyl (C=O) groups excluding carboxylic acids is 2. The van der Waals surface area contributed by atoms with E-state index in [0.29, 0.717) is 23.6 Å². The molecule has 0 bridgehead atoms. The smallest absolute Gasteiger partial charge is 0.264 e. The van der Waals surface area contributed by atoms with Gasteiger partial charge in [0.2, 0.25) is 11.8 Å². The zero-order valence-electron chi connectivity index (χ0n) is 27.1. The van der Waals surface area contributed by atoms with E-state index in [-0.39, 0.29) is 23.4 Å². The third-order valence-corrected chi connectivity index (χ3v) is 9.64. The van der Waals surface area contributed by atoms with Gasteiger partial charge < -0.3 is 15.0 Å². The summed E-state index contributed by atoms with van der Waals surface area (Å²) in [4.78, 5) is 29.3. The van der Waals surface area contributed by atoms with Gasteiger partial charge in [-0.05, 0) is 87.7 Å². The lowest BCUT2D eigenvalue weighted by molar-refractivity contribution is -0.140. The summed E-state index contributed by atoms with van der Waals surface area (Å²) >= 11 is 0. The van der Waals surface area contributed by atoms with E-state index in [1.807, 2.05) is 89.2 Å². The normalized spacial score (nSPS) is 12.5. The fraction of sp³-hybridized carbons (Fsp3) is 0.297. The van der Waals surface area contributed by atoms with Gasteiger partial charge in [-0.2, -0.15) is 0 Å². The number of aryl methyl sites for hydroxylation is 2. The number of ether oxygens (including phenoxy) is 1. The second-order valence-electron chi connectivity index (χ2n) is 11.5. The SMILES string of the molecule is CCC(C)NC(=O)C(CC)N(Cc1ccc(C)cc1)C(=O)CN(c1ccc(Oc2ccccc2)cc1)S(=O)(=O)c1ccc(C)cc1. The minimum Gasteiger partial charge on any atom is -0.457 e. The Labute approximate surface area is 273 Å². The molecule has 0 saturated carbocycles. The molecule has 46 heavy (non-hydrogen) atoms. The highest BCUT2D eigenvalue weighted by molar-refractivity contribution is 7.92. The Kier molecular flexibility index (Phi) is 11.6. The van der Waals surface area contributed by atoms with E-state index in [1.165, 1.54) is 17.0 Å². The van der Waals surface area contributed by atoms with Crippen molar-refractivity contribution < 1.29 is 22.7 Å². The van der Waals surface area contributed by atoms with Crippen LogP contribution in [0.25, 0.3) is 0 Å². The molecule has 4 aromatic carbocycles. The van der Waals surface area contributed by atoms with Crippen molar-refractivity contribution in [1.82, 2.24) is 10.2 Å². The van der Waals surface area contributed by atoms with E-state index < -0.39 is 28.5 Å². The van der Waals surface area contributed by atoms with Crippen LogP contribution in [0.2, 0.25) is 0 Å². The Morgan fingerprint density at radius 3 is 1.89 bits per heavy atom. The monoisotopic (exact) mass is 641 g/mol. The third kappa shape index (κ3) is 8.75. The maximum absolute atomic E-state index is 14.3. The van der Waals surface area contributed by atoms with E-state index in [0.717, 1.165) is 27.4 Å². The molecule has 9 heteroatoms. The van der Waals surface area contributed by atoms with Gasteiger partial charge in [0.05, 0.1) is 10.6 Å². The topological polar surface area (TPSA) is 96.0 Å². The number of amides is 2. The Bertz CT molecular complexity index is 1690. The maximum Gasteiger partial charge on any atom is 0.264 e. The van der Waals surface area contributed by atoms with Crippen LogP contribution in [0.15, 0.2) is 108 Å². The molecule has 0 spiro atoms. The third-order valence-electron chi connectivity index (χ3n) is 7.85. The molecular formula is C37H43N3O5S. The molecule has 0 saturated heterocycles. The number of nitrogens with one attached hydrogen (secondary N) is 1. The van der Waals surface area contributed by atoms with Crippen LogP contribution in [-0.2, 0) is 26.2 Å². The van der Waals surface area contributed by atoms with Crippen LogP contribution in [0.3, 0.4) is 0 Å². The van der Waals surface area contributed by atoms with Gasteiger partial charge in [0.15, 0.2) is 0 Å². The van der Waals surface area contributed by atoms with Crippen molar-refractivity contribution in [2.45, 2.75) is 71.0 Å². The van der Waals surface area contributed by atoms with Crippen LogP contribution in [0.4, 0.5) is 5.69 Å². The van der Waals surface area contributed by atoms with Gasteiger partial charge in [-0.15, -0.1) is 0 Å². The maximum atomic E-state index is 14.3. The summed E-state index contributed by atoms with van der Waals surface area (Å²) < 4.78 is 35.4. The molecule has 2 unspecified atom stereocenters. The lowest BCUT2D eigenvalue weighted by atomic mass is 10.1. The number of hydrogen-bond donors (Lipinski definition) is 1. The fourth-order valence-corrected chi connectivity index (χ4v) is 6.34. The molecule has 0 radical (unpaired) electrons. The average Bonchev–Trinajstić information content (AvgIpc) is 3.05. The summed E-state index contributed by atoms with van der Waals surface area (Å²) in [5, 5.41) is 3.00. The molecule has 2 atom stereocenters. The van der Waals surface area contributed by atoms with E-state index in [9.17, 15) is 18.0 Å². The first kappa shape index (κ1) is 34.2. The van der Waals surface area contributed by atoms with Crippen LogP contribution < -0.4 is 14.4 Å². The minimum absolute atomic E-state index is 0.0575. The van der Waals surface area contributed by atoms with Gasteiger partial charge in [0, 0.05) is 12.6 Å². The van der Waals surface area contributed by atoms with Crippen molar-refractivity contribution >= 4 is 27.5 Å². The van der Waals surface area contributed by atoms with Gasteiger partial charge in [0.1, 0.15) is 24.1 Å². The first-order valence-corrected chi connectivity index (χ1v) is 17.0. The number of rotatable bonds is 14. The van der Waals surface area contributed by atoms with Crippen molar-refractivity contribution in [3.8, 4) is 11.5 Å². The highest BCUT2D eigenvalue weighted by Crippen LogP contribution is 2.29. The first-order chi connectivity index (χ1) is 22.0. The highest BCUT2D eigenvalue weighted by atomic mass is 32.2. The number of sulfonamides is 1. The minimum atomic E-state index is -4.18. The summed E-state index contributed by atoms with van der Waals surface area (Å²) in [6.07, 6.45) is 1.09. The molecule has 0 aromatic heterocycles. The number of carbonyl (C=O) groups is 2. The fourth-order valence-electron chi connectivity index (χ4n) is 4.92. The van der Waals surface area contributed by atoms with Crippen molar-refractivity contribution in [3.05, 3.63) is 120 Å². The molecular weight excluding hydrogens is 598 g/mol. The molecule has 0 aliphatic heterocycles. The molecule has 1 N–H and O–H groups in total. The molecule has 0 fully saturated rings. The average molecular weight is 642 g/mol. The number of benzene rings is 4. The number of anilines is 1.